The van der Waals surface area contributed by atoms with E-state index >= 15 is 0 Å². The molecule has 1 aromatic heterocycles. The molecule has 0 aliphatic rings. The first-order valence-corrected chi connectivity index (χ1v) is 8.02. The van der Waals surface area contributed by atoms with Crippen molar-refractivity contribution >= 4 is 24.7 Å². The molecule has 1 rings (SSSR count). The largest absolute Gasteiger partial charge is 0.597 e. The Morgan fingerprint density at radius 3 is 2.50 bits per heavy atom. The summed E-state index contributed by atoms with van der Waals surface area (Å²) in [5.74, 6) is 0.779. The molecule has 6 heteroatoms. The maximum absolute atomic E-state index is 12.6. The van der Waals surface area contributed by atoms with E-state index in [1.54, 1.807) is 13.3 Å². The molecule has 4 nitrogen and oxygen atoms in total. The Kier molecular flexibility index (Phi) is 5.92. The summed E-state index contributed by atoms with van der Waals surface area (Å²) in [6, 6.07) is 2.01. The van der Waals surface area contributed by atoms with Crippen LogP contribution in [0.1, 0.15) is 46.4 Å². The second kappa shape index (κ2) is 6.83. The lowest BCUT2D eigenvalue weighted by Crippen LogP contribution is -2.44. The monoisotopic (exact) mass is 296 g/mol. The summed E-state index contributed by atoms with van der Waals surface area (Å²) in [6.07, 6.45) is 1.73. The Labute approximate surface area is 126 Å². The molecule has 0 bridgehead atoms. The molecule has 0 unspecified atom stereocenters. The van der Waals surface area contributed by atoms with E-state index in [0.717, 1.165) is 23.5 Å². The van der Waals surface area contributed by atoms with Crippen LogP contribution >= 0.6 is 0 Å². The standard InChI is InChI=1S/C14H25BN2O2S/c1-7-17(20(18)14(3,4)5)10(2)12-8-11(15)13(19-6)9-16-12/h8-10H,7,15H2,1-6H3/t10-,20-/m1/s1. The Balaban J connectivity index is 3.02. The Hall–Kier alpha value is -0.715. The number of nitrogens with zero attached hydrogens (tertiary/aromatic N) is 2. The van der Waals surface area contributed by atoms with Crippen LogP contribution in [-0.2, 0) is 11.4 Å². The normalized spacial score (nSPS) is 15.2. The van der Waals surface area contributed by atoms with Crippen molar-refractivity contribution in [3.8, 4) is 5.75 Å². The minimum atomic E-state index is -1.06. The molecular formula is C14H25BN2O2S. The molecule has 0 radical (unpaired) electrons. The SMILES string of the molecule is Bc1cc([C@@H](C)N(CC)[S@+]([O-])C(C)(C)C)ncc1OC. The molecule has 1 aromatic rings. The van der Waals surface area contributed by atoms with Gasteiger partial charge in [0.15, 0.2) is 0 Å². The zero-order chi connectivity index (χ0) is 15.5. The third kappa shape index (κ3) is 3.90. The van der Waals surface area contributed by atoms with Crippen molar-refractivity contribution in [2.75, 3.05) is 13.7 Å². The van der Waals surface area contributed by atoms with Crippen molar-refractivity contribution in [1.82, 2.24) is 9.29 Å². The Morgan fingerprint density at radius 2 is 2.10 bits per heavy atom. The summed E-state index contributed by atoms with van der Waals surface area (Å²) >= 11 is -1.06. The fourth-order valence-electron chi connectivity index (χ4n) is 2.04. The molecular weight excluding hydrogens is 271 g/mol. The molecule has 112 valence electrons. The molecule has 0 saturated heterocycles. The van der Waals surface area contributed by atoms with Gasteiger partial charge in [0, 0.05) is 17.9 Å². The summed E-state index contributed by atoms with van der Waals surface area (Å²) in [6.45, 7) is 10.8. The molecule has 2 atom stereocenters. The summed E-state index contributed by atoms with van der Waals surface area (Å²) in [5.41, 5.74) is 1.96. The zero-order valence-corrected chi connectivity index (χ0v) is 14.4. The Morgan fingerprint density at radius 1 is 1.50 bits per heavy atom. The molecule has 0 fully saturated rings. The summed E-state index contributed by atoms with van der Waals surface area (Å²) < 4.78 is 19.5. The van der Waals surface area contributed by atoms with Crippen molar-refractivity contribution < 1.29 is 9.29 Å². The smallest absolute Gasteiger partial charge is 0.144 e. The van der Waals surface area contributed by atoms with E-state index in [1.807, 2.05) is 52.8 Å². The molecule has 20 heavy (non-hydrogen) atoms. The number of rotatable bonds is 5. The second-order valence-corrected chi connectivity index (χ2v) is 8.04. The highest BCUT2D eigenvalue weighted by atomic mass is 32.2. The van der Waals surface area contributed by atoms with Crippen LogP contribution in [0, 0.1) is 0 Å². The molecule has 0 aliphatic carbocycles. The maximum Gasteiger partial charge on any atom is 0.144 e. The van der Waals surface area contributed by atoms with Gasteiger partial charge >= 0.3 is 0 Å². The Bertz CT molecular complexity index is 451. The number of hydrogen-bond acceptors (Lipinski definition) is 4. The summed E-state index contributed by atoms with van der Waals surface area (Å²) in [7, 11) is 3.63. The molecule has 0 N–H and O–H groups in total. The van der Waals surface area contributed by atoms with E-state index in [2.05, 4.69) is 4.98 Å². The first-order valence-electron chi connectivity index (χ1n) is 6.91. The van der Waals surface area contributed by atoms with Crippen LogP contribution in [0.25, 0.3) is 0 Å². The molecule has 0 aliphatic heterocycles. The molecule has 0 amide bonds. The minimum absolute atomic E-state index is 0.00432. The quantitative estimate of drug-likeness (QED) is 0.605. The van der Waals surface area contributed by atoms with Gasteiger partial charge in [-0.3, -0.25) is 4.98 Å². The van der Waals surface area contributed by atoms with Crippen molar-refractivity contribution in [2.45, 2.75) is 45.4 Å². The number of hydrogen-bond donors (Lipinski definition) is 0. The highest BCUT2D eigenvalue weighted by Crippen LogP contribution is 2.28. The second-order valence-electron chi connectivity index (χ2n) is 5.85. The van der Waals surface area contributed by atoms with Gasteiger partial charge in [-0.1, -0.05) is 0 Å². The van der Waals surface area contributed by atoms with Gasteiger partial charge < -0.3 is 9.29 Å². The van der Waals surface area contributed by atoms with Crippen LogP contribution in [0.4, 0.5) is 0 Å². The van der Waals surface area contributed by atoms with Crippen LogP contribution < -0.4 is 10.2 Å². The fraction of sp³-hybridized carbons (Fsp3) is 0.643. The highest BCUT2D eigenvalue weighted by molar-refractivity contribution is 7.90. The van der Waals surface area contributed by atoms with Gasteiger partial charge in [0.05, 0.1) is 25.0 Å². The zero-order valence-electron chi connectivity index (χ0n) is 13.6. The molecule has 0 spiro atoms. The third-order valence-electron chi connectivity index (χ3n) is 3.21. The molecule has 0 aromatic carbocycles. The topological polar surface area (TPSA) is 48.4 Å². The van der Waals surface area contributed by atoms with Crippen LogP contribution in [0.5, 0.6) is 5.75 Å². The predicted octanol–water partition coefficient (Wildman–Crippen LogP) is 1.19. The van der Waals surface area contributed by atoms with E-state index in [9.17, 15) is 4.55 Å². The van der Waals surface area contributed by atoms with Crippen LogP contribution in [-0.4, -0.2) is 40.1 Å². The summed E-state index contributed by atoms with van der Waals surface area (Å²) in [4.78, 5) is 4.44. The van der Waals surface area contributed by atoms with E-state index in [-0.39, 0.29) is 10.8 Å². The summed E-state index contributed by atoms with van der Waals surface area (Å²) in [5, 5.41) is 0. The van der Waals surface area contributed by atoms with Crippen LogP contribution in [0.2, 0.25) is 0 Å². The van der Waals surface area contributed by atoms with Crippen LogP contribution in [0.3, 0.4) is 0 Å². The fourth-order valence-corrected chi connectivity index (χ4v) is 3.37. The van der Waals surface area contributed by atoms with Gasteiger partial charge in [0.2, 0.25) is 0 Å². The van der Waals surface area contributed by atoms with Gasteiger partial charge in [-0.25, -0.2) is 0 Å². The number of aromatic nitrogens is 1. The van der Waals surface area contributed by atoms with Gasteiger partial charge in [0.1, 0.15) is 18.3 Å². The molecule has 1 heterocycles. The van der Waals surface area contributed by atoms with E-state index < -0.39 is 11.4 Å². The minimum Gasteiger partial charge on any atom is -0.597 e. The predicted molar refractivity (Wildman–Crippen MR) is 87.7 cm³/mol. The lowest BCUT2D eigenvalue weighted by Gasteiger charge is -2.35. The van der Waals surface area contributed by atoms with Gasteiger partial charge in [-0.2, -0.15) is 0 Å². The number of ether oxygens (including phenoxy) is 1. The van der Waals surface area contributed by atoms with Gasteiger partial charge in [-0.05, 0) is 46.1 Å². The van der Waals surface area contributed by atoms with Crippen molar-refractivity contribution in [3.63, 3.8) is 0 Å². The van der Waals surface area contributed by atoms with Crippen molar-refractivity contribution in [1.29, 1.82) is 0 Å². The first-order chi connectivity index (χ1) is 9.22. The van der Waals surface area contributed by atoms with Crippen LogP contribution in [0.15, 0.2) is 12.3 Å². The average Bonchev–Trinajstić information content (AvgIpc) is 2.38. The van der Waals surface area contributed by atoms with E-state index in [4.69, 9.17) is 4.74 Å². The van der Waals surface area contributed by atoms with Gasteiger partial charge in [-0.15, -0.1) is 4.31 Å². The number of methoxy groups -OCH3 is 1. The lowest BCUT2D eigenvalue weighted by molar-refractivity contribution is 0.339. The number of pyridine rings is 1. The third-order valence-corrected chi connectivity index (χ3v) is 5.26. The van der Waals surface area contributed by atoms with Crippen molar-refractivity contribution in [3.05, 3.63) is 18.0 Å². The average molecular weight is 296 g/mol. The lowest BCUT2D eigenvalue weighted by atomic mass is 9.94. The van der Waals surface area contributed by atoms with E-state index in [1.165, 1.54) is 0 Å². The maximum atomic E-state index is 12.6. The van der Waals surface area contributed by atoms with Gasteiger partial charge in [0.25, 0.3) is 0 Å². The highest BCUT2D eigenvalue weighted by Gasteiger charge is 2.36. The van der Waals surface area contributed by atoms with E-state index in [0.29, 0.717) is 0 Å². The molecule has 0 saturated carbocycles. The first kappa shape index (κ1) is 17.3. The van der Waals surface area contributed by atoms with Crippen molar-refractivity contribution in [2.24, 2.45) is 0 Å².